The van der Waals surface area contributed by atoms with Gasteiger partial charge in [-0.2, -0.15) is 0 Å². The highest BCUT2D eigenvalue weighted by Gasteiger charge is 2.01. The van der Waals surface area contributed by atoms with Crippen LogP contribution < -0.4 is 5.32 Å². The van der Waals surface area contributed by atoms with Gasteiger partial charge in [0.1, 0.15) is 5.82 Å². The van der Waals surface area contributed by atoms with Crippen LogP contribution in [0.25, 0.3) is 0 Å². The summed E-state index contributed by atoms with van der Waals surface area (Å²) >= 11 is 11.0. The number of anilines is 1. The Morgan fingerprint density at radius 1 is 1.50 bits per heavy atom. The summed E-state index contributed by atoms with van der Waals surface area (Å²) in [7, 11) is 0. The quantitative estimate of drug-likeness (QED) is 0.913. The number of hydrogen-bond acceptors (Lipinski definition) is 3. The Kier molecular flexibility index (Phi) is 4.21. The fourth-order valence-corrected chi connectivity index (χ4v) is 2.79. The van der Waals surface area contributed by atoms with Crippen LogP contribution in [0.1, 0.15) is 4.88 Å². The van der Waals surface area contributed by atoms with Crippen LogP contribution in [0.3, 0.4) is 0 Å². The zero-order valence-electron chi connectivity index (χ0n) is 8.41. The number of pyridine rings is 1. The molecule has 0 saturated heterocycles. The topological polar surface area (TPSA) is 24.9 Å². The van der Waals surface area contributed by atoms with Gasteiger partial charge in [-0.15, -0.1) is 11.3 Å². The van der Waals surface area contributed by atoms with Crippen molar-refractivity contribution in [3.05, 3.63) is 44.1 Å². The van der Waals surface area contributed by atoms with E-state index in [2.05, 4.69) is 43.7 Å². The standard InChI is InChI=1S/C11H10BrClN2S/c12-10-6-8(13)7-15-11(10)14-4-3-9-2-1-5-16-9/h1-2,5-7H,3-4H2,(H,14,15). The van der Waals surface area contributed by atoms with Crippen molar-refractivity contribution in [2.24, 2.45) is 0 Å². The van der Waals surface area contributed by atoms with E-state index in [0.717, 1.165) is 23.3 Å². The predicted molar refractivity (Wildman–Crippen MR) is 73.5 cm³/mol. The lowest BCUT2D eigenvalue weighted by atomic mass is 10.3. The summed E-state index contributed by atoms with van der Waals surface area (Å²) in [5, 5.41) is 5.99. The van der Waals surface area contributed by atoms with Crippen LogP contribution in [-0.4, -0.2) is 11.5 Å². The third-order valence-electron chi connectivity index (χ3n) is 2.05. The number of aromatic nitrogens is 1. The molecule has 0 aliphatic heterocycles. The van der Waals surface area contributed by atoms with Crippen LogP contribution in [0.4, 0.5) is 5.82 Å². The number of nitrogens with zero attached hydrogens (tertiary/aromatic N) is 1. The first-order chi connectivity index (χ1) is 7.75. The molecule has 0 aromatic carbocycles. The maximum Gasteiger partial charge on any atom is 0.140 e. The maximum atomic E-state index is 5.81. The summed E-state index contributed by atoms with van der Waals surface area (Å²) in [6.45, 7) is 0.869. The average molecular weight is 318 g/mol. The monoisotopic (exact) mass is 316 g/mol. The van der Waals surface area contributed by atoms with Crippen molar-refractivity contribution in [3.8, 4) is 0 Å². The highest BCUT2D eigenvalue weighted by molar-refractivity contribution is 9.10. The lowest BCUT2D eigenvalue weighted by Crippen LogP contribution is -2.05. The summed E-state index contributed by atoms with van der Waals surface area (Å²) in [5.74, 6) is 0.834. The van der Waals surface area contributed by atoms with Crippen LogP contribution in [0, 0.1) is 0 Å². The second kappa shape index (κ2) is 5.66. The van der Waals surface area contributed by atoms with E-state index in [-0.39, 0.29) is 0 Å². The van der Waals surface area contributed by atoms with E-state index < -0.39 is 0 Å². The average Bonchev–Trinajstić information content (AvgIpc) is 2.74. The fraction of sp³-hybridized carbons (Fsp3) is 0.182. The molecule has 16 heavy (non-hydrogen) atoms. The van der Waals surface area contributed by atoms with Crippen LogP contribution in [0.15, 0.2) is 34.2 Å². The van der Waals surface area contributed by atoms with Crippen molar-refractivity contribution in [2.75, 3.05) is 11.9 Å². The van der Waals surface area contributed by atoms with E-state index in [1.165, 1.54) is 4.88 Å². The second-order valence-electron chi connectivity index (χ2n) is 3.24. The molecule has 0 radical (unpaired) electrons. The zero-order chi connectivity index (χ0) is 11.4. The minimum Gasteiger partial charge on any atom is -0.369 e. The van der Waals surface area contributed by atoms with Crippen molar-refractivity contribution in [2.45, 2.75) is 6.42 Å². The molecule has 0 bridgehead atoms. The van der Waals surface area contributed by atoms with Gasteiger partial charge in [-0.1, -0.05) is 17.7 Å². The molecule has 1 N–H and O–H groups in total. The van der Waals surface area contributed by atoms with Gasteiger partial charge >= 0.3 is 0 Å². The molecule has 0 aliphatic carbocycles. The predicted octanol–water partition coefficient (Wildman–Crippen LogP) is 4.21. The van der Waals surface area contributed by atoms with Crippen molar-refractivity contribution >= 4 is 44.7 Å². The third kappa shape index (κ3) is 3.20. The first-order valence-electron chi connectivity index (χ1n) is 4.83. The normalized spacial score (nSPS) is 10.4. The van der Waals surface area contributed by atoms with Crippen molar-refractivity contribution in [1.29, 1.82) is 0 Å². The van der Waals surface area contributed by atoms with Gasteiger partial charge in [-0.25, -0.2) is 4.98 Å². The van der Waals surface area contributed by atoms with Gasteiger partial charge in [-0.05, 0) is 39.9 Å². The Balaban J connectivity index is 1.90. The number of nitrogens with one attached hydrogen (secondary N) is 1. The third-order valence-corrected chi connectivity index (χ3v) is 3.80. The molecule has 2 heterocycles. The first-order valence-corrected chi connectivity index (χ1v) is 6.88. The molecule has 5 heteroatoms. The second-order valence-corrected chi connectivity index (χ2v) is 5.56. The highest BCUT2D eigenvalue weighted by atomic mass is 79.9. The molecule has 0 unspecified atom stereocenters. The molecule has 0 fully saturated rings. The van der Waals surface area contributed by atoms with Gasteiger partial charge in [-0.3, -0.25) is 0 Å². The molecule has 0 amide bonds. The van der Waals surface area contributed by atoms with E-state index in [1.54, 1.807) is 17.5 Å². The molecule has 0 atom stereocenters. The van der Waals surface area contributed by atoms with Crippen molar-refractivity contribution in [3.63, 3.8) is 0 Å². The molecule has 2 aromatic rings. The minimum absolute atomic E-state index is 0.635. The molecular weight excluding hydrogens is 308 g/mol. The van der Waals surface area contributed by atoms with Crippen LogP contribution in [0.5, 0.6) is 0 Å². The fourth-order valence-electron chi connectivity index (χ4n) is 1.30. The summed E-state index contributed by atoms with van der Waals surface area (Å²) in [6.07, 6.45) is 2.65. The van der Waals surface area contributed by atoms with Gasteiger partial charge < -0.3 is 5.32 Å². The van der Waals surface area contributed by atoms with Gasteiger partial charge in [0.2, 0.25) is 0 Å². The Bertz CT molecular complexity index is 459. The van der Waals surface area contributed by atoms with E-state index in [4.69, 9.17) is 11.6 Å². The molecular formula is C11H10BrClN2S. The van der Waals surface area contributed by atoms with E-state index in [0.29, 0.717) is 5.02 Å². The Morgan fingerprint density at radius 2 is 2.38 bits per heavy atom. The Hall–Kier alpha value is -0.580. The molecule has 2 nitrogen and oxygen atoms in total. The molecule has 2 aromatic heterocycles. The van der Waals surface area contributed by atoms with Crippen molar-refractivity contribution < 1.29 is 0 Å². The maximum absolute atomic E-state index is 5.81. The number of halogens is 2. The summed E-state index contributed by atoms with van der Waals surface area (Å²) in [4.78, 5) is 5.58. The molecule has 0 spiro atoms. The van der Waals surface area contributed by atoms with Gasteiger partial charge in [0, 0.05) is 17.6 Å². The van der Waals surface area contributed by atoms with E-state index in [9.17, 15) is 0 Å². The van der Waals surface area contributed by atoms with E-state index >= 15 is 0 Å². The first kappa shape index (κ1) is 11.9. The largest absolute Gasteiger partial charge is 0.369 e. The SMILES string of the molecule is Clc1cnc(NCCc2cccs2)c(Br)c1. The summed E-state index contributed by atoms with van der Waals surface area (Å²) in [5.41, 5.74) is 0. The van der Waals surface area contributed by atoms with E-state index in [1.807, 2.05) is 6.07 Å². The lowest BCUT2D eigenvalue weighted by Gasteiger charge is -2.06. The summed E-state index contributed by atoms with van der Waals surface area (Å²) in [6, 6.07) is 6.04. The molecule has 0 aliphatic rings. The smallest absolute Gasteiger partial charge is 0.140 e. The molecule has 0 saturated carbocycles. The van der Waals surface area contributed by atoms with Crippen LogP contribution in [0.2, 0.25) is 5.02 Å². The summed E-state index contributed by atoms with van der Waals surface area (Å²) < 4.78 is 0.895. The molecule has 2 rings (SSSR count). The molecule has 84 valence electrons. The van der Waals surface area contributed by atoms with Gasteiger partial charge in [0.25, 0.3) is 0 Å². The van der Waals surface area contributed by atoms with Crippen LogP contribution in [-0.2, 0) is 6.42 Å². The number of rotatable bonds is 4. The highest BCUT2D eigenvalue weighted by Crippen LogP contribution is 2.23. The zero-order valence-corrected chi connectivity index (χ0v) is 11.6. The number of thiophene rings is 1. The van der Waals surface area contributed by atoms with Crippen LogP contribution >= 0.6 is 38.9 Å². The van der Waals surface area contributed by atoms with Crippen molar-refractivity contribution in [1.82, 2.24) is 4.98 Å². The van der Waals surface area contributed by atoms with Gasteiger partial charge in [0.15, 0.2) is 0 Å². The number of hydrogen-bond donors (Lipinski definition) is 1. The lowest BCUT2D eigenvalue weighted by molar-refractivity contribution is 1.03. The van der Waals surface area contributed by atoms with Gasteiger partial charge in [0.05, 0.1) is 9.50 Å². The Labute approximate surface area is 112 Å². The minimum atomic E-state index is 0.635. The Morgan fingerprint density at radius 3 is 3.06 bits per heavy atom.